The van der Waals surface area contributed by atoms with Crippen LogP contribution in [0, 0.1) is 6.92 Å². The number of hydrogen-bond acceptors (Lipinski definition) is 8. The molecule has 7 nitrogen and oxygen atoms in total. The maximum atomic E-state index is 11.0. The highest BCUT2D eigenvalue weighted by atomic mass is 32.2. The molecule has 3 aromatic heterocycles. The van der Waals surface area contributed by atoms with Crippen LogP contribution >= 0.6 is 34.0 Å². The molecule has 156 valence electrons. The number of aromatic nitrogens is 2. The maximum Gasteiger partial charge on any atom is 0.357 e. The topological polar surface area (TPSA) is 104 Å². The number of hydrogen-bond donors (Lipinski definition) is 3. The molecule has 4 aromatic rings. The van der Waals surface area contributed by atoms with Gasteiger partial charge in [-0.15, -0.1) is 34.0 Å². The molecule has 0 aliphatic heterocycles. The first-order chi connectivity index (χ1) is 14.4. The lowest BCUT2D eigenvalue weighted by molar-refractivity contribution is 0.489. The SMILES string of the molecule is Cc1csc(NC(Cc2ccc(NS(=O)(=O)O)cc2)c2csc(-c3cccs3)n2)n1. The van der Waals surface area contributed by atoms with Gasteiger partial charge in [0.2, 0.25) is 0 Å². The first-order valence-corrected chi connectivity index (χ1v) is 13.0. The van der Waals surface area contributed by atoms with Crippen LogP contribution in [-0.2, 0) is 16.7 Å². The zero-order chi connectivity index (χ0) is 21.1. The molecule has 3 heterocycles. The van der Waals surface area contributed by atoms with Gasteiger partial charge < -0.3 is 5.32 Å². The fraction of sp³-hybridized carbons (Fsp3) is 0.158. The van der Waals surface area contributed by atoms with Crippen LogP contribution in [0.15, 0.2) is 52.5 Å². The second kappa shape index (κ2) is 8.82. The molecule has 1 aromatic carbocycles. The molecule has 0 radical (unpaired) electrons. The third-order valence-corrected chi connectivity index (χ3v) is 7.45. The number of thiophene rings is 1. The summed E-state index contributed by atoms with van der Waals surface area (Å²) >= 11 is 4.82. The Bertz CT molecular complexity index is 1210. The zero-order valence-corrected chi connectivity index (χ0v) is 19.0. The standard InChI is InChI=1S/C19H18N4O3S4/c1-12-10-29-19(20-12)22-15(16-11-28-18(21-16)17-3-2-8-27-17)9-13-4-6-14(7-5-13)23-30(24,25)26/h2-8,10-11,15,23H,9H2,1H3,(H,20,22)(H,24,25,26). The molecule has 1 atom stereocenters. The van der Waals surface area contributed by atoms with Crippen LogP contribution in [0.1, 0.15) is 23.0 Å². The van der Waals surface area contributed by atoms with E-state index in [0.29, 0.717) is 12.1 Å². The fourth-order valence-corrected chi connectivity index (χ4v) is 5.72. The summed E-state index contributed by atoms with van der Waals surface area (Å²) in [5.41, 5.74) is 3.18. The van der Waals surface area contributed by atoms with Crippen molar-refractivity contribution in [1.82, 2.24) is 9.97 Å². The van der Waals surface area contributed by atoms with Gasteiger partial charge in [0.1, 0.15) is 5.01 Å². The van der Waals surface area contributed by atoms with Crippen molar-refractivity contribution in [1.29, 1.82) is 0 Å². The molecule has 0 saturated carbocycles. The molecule has 30 heavy (non-hydrogen) atoms. The van der Waals surface area contributed by atoms with Gasteiger partial charge in [-0.2, -0.15) is 8.42 Å². The lowest BCUT2D eigenvalue weighted by Crippen LogP contribution is -2.14. The van der Waals surface area contributed by atoms with E-state index in [1.165, 1.54) is 0 Å². The summed E-state index contributed by atoms with van der Waals surface area (Å²) in [4.78, 5) is 10.5. The third-order valence-electron chi connectivity index (χ3n) is 4.17. The lowest BCUT2D eigenvalue weighted by atomic mass is 10.0. The van der Waals surface area contributed by atoms with E-state index in [0.717, 1.165) is 32.0 Å². The summed E-state index contributed by atoms with van der Waals surface area (Å²) in [6, 6.07) is 10.8. The molecule has 0 aliphatic carbocycles. The van der Waals surface area contributed by atoms with Gasteiger partial charge in [0, 0.05) is 10.8 Å². The number of rotatable bonds is 8. The summed E-state index contributed by atoms with van der Waals surface area (Å²) in [7, 11) is -4.29. The maximum absolute atomic E-state index is 11.0. The first-order valence-electron chi connectivity index (χ1n) is 8.88. The van der Waals surface area contributed by atoms with E-state index >= 15 is 0 Å². The Hall–Kier alpha value is -2.31. The Morgan fingerprint density at radius 1 is 1.07 bits per heavy atom. The Balaban J connectivity index is 1.57. The van der Waals surface area contributed by atoms with E-state index in [9.17, 15) is 8.42 Å². The van der Waals surface area contributed by atoms with Crippen LogP contribution in [0.5, 0.6) is 0 Å². The molecular weight excluding hydrogens is 461 g/mol. The van der Waals surface area contributed by atoms with Gasteiger partial charge in [0.05, 0.1) is 28.0 Å². The quantitative estimate of drug-likeness (QED) is 0.299. The molecule has 0 bridgehead atoms. The molecule has 1 unspecified atom stereocenters. The summed E-state index contributed by atoms with van der Waals surface area (Å²) in [6.07, 6.45) is 0.637. The van der Waals surface area contributed by atoms with Crippen LogP contribution in [0.2, 0.25) is 0 Å². The van der Waals surface area contributed by atoms with Crippen molar-refractivity contribution < 1.29 is 13.0 Å². The Morgan fingerprint density at radius 3 is 2.50 bits per heavy atom. The minimum Gasteiger partial charge on any atom is -0.353 e. The average Bonchev–Trinajstić information content (AvgIpc) is 3.42. The predicted molar refractivity (Wildman–Crippen MR) is 124 cm³/mol. The van der Waals surface area contributed by atoms with Crippen LogP contribution in [-0.4, -0.2) is 22.9 Å². The molecule has 3 N–H and O–H groups in total. The van der Waals surface area contributed by atoms with Crippen molar-refractivity contribution in [3.05, 3.63) is 69.5 Å². The van der Waals surface area contributed by atoms with Crippen molar-refractivity contribution in [2.75, 3.05) is 10.0 Å². The van der Waals surface area contributed by atoms with E-state index in [-0.39, 0.29) is 6.04 Å². The van der Waals surface area contributed by atoms with Gasteiger partial charge in [0.25, 0.3) is 0 Å². The number of nitrogens with one attached hydrogen (secondary N) is 2. The van der Waals surface area contributed by atoms with Gasteiger partial charge in [-0.25, -0.2) is 9.97 Å². The molecule has 0 saturated heterocycles. The van der Waals surface area contributed by atoms with Crippen molar-refractivity contribution in [2.45, 2.75) is 19.4 Å². The smallest absolute Gasteiger partial charge is 0.353 e. The highest BCUT2D eigenvalue weighted by Crippen LogP contribution is 2.32. The summed E-state index contributed by atoms with van der Waals surface area (Å²) in [5, 5.41) is 11.4. The highest BCUT2D eigenvalue weighted by molar-refractivity contribution is 7.87. The van der Waals surface area contributed by atoms with Crippen molar-refractivity contribution in [3.63, 3.8) is 0 Å². The summed E-state index contributed by atoms with van der Waals surface area (Å²) in [5.74, 6) is 0. The molecule has 0 amide bonds. The third kappa shape index (κ3) is 5.43. The van der Waals surface area contributed by atoms with Gasteiger partial charge in [-0.3, -0.25) is 9.27 Å². The second-order valence-electron chi connectivity index (χ2n) is 6.52. The van der Waals surface area contributed by atoms with Crippen molar-refractivity contribution >= 4 is 55.1 Å². The molecule has 0 aliphatic rings. The van der Waals surface area contributed by atoms with Gasteiger partial charge in [0.15, 0.2) is 5.13 Å². The van der Waals surface area contributed by atoms with Crippen LogP contribution in [0.4, 0.5) is 10.8 Å². The lowest BCUT2D eigenvalue weighted by Gasteiger charge is -2.17. The van der Waals surface area contributed by atoms with Crippen LogP contribution < -0.4 is 10.0 Å². The zero-order valence-electron chi connectivity index (χ0n) is 15.8. The van der Waals surface area contributed by atoms with Gasteiger partial charge in [-0.05, 0) is 42.5 Å². The van der Waals surface area contributed by atoms with Crippen LogP contribution in [0.25, 0.3) is 9.88 Å². The van der Waals surface area contributed by atoms with Gasteiger partial charge in [-0.1, -0.05) is 18.2 Å². The Kier molecular flexibility index (Phi) is 6.16. The Labute approximate surface area is 186 Å². The van der Waals surface area contributed by atoms with E-state index in [1.54, 1.807) is 46.1 Å². The molecule has 4 rings (SSSR count). The summed E-state index contributed by atoms with van der Waals surface area (Å²) in [6.45, 7) is 1.95. The van der Waals surface area contributed by atoms with E-state index in [2.05, 4.69) is 21.7 Å². The monoisotopic (exact) mass is 478 g/mol. The second-order valence-corrected chi connectivity index (χ2v) is 10.3. The van der Waals surface area contributed by atoms with Crippen LogP contribution in [0.3, 0.4) is 0 Å². The predicted octanol–water partition coefficient (Wildman–Crippen LogP) is 5.25. The average molecular weight is 479 g/mol. The molecule has 0 fully saturated rings. The number of thiazole rings is 2. The number of benzene rings is 1. The minimum atomic E-state index is -4.29. The van der Waals surface area contributed by atoms with Crippen molar-refractivity contribution in [3.8, 4) is 9.88 Å². The van der Waals surface area contributed by atoms with E-state index < -0.39 is 10.3 Å². The minimum absolute atomic E-state index is 0.0964. The van der Waals surface area contributed by atoms with E-state index in [1.807, 2.05) is 40.6 Å². The molecule has 11 heteroatoms. The summed E-state index contributed by atoms with van der Waals surface area (Å²) < 4.78 is 32.9. The number of aryl methyl sites for hydroxylation is 1. The first kappa shape index (κ1) is 20.9. The number of anilines is 2. The normalized spacial score (nSPS) is 12.6. The van der Waals surface area contributed by atoms with E-state index in [4.69, 9.17) is 9.54 Å². The molecular formula is C19H18N4O3S4. The molecule has 0 spiro atoms. The Morgan fingerprint density at radius 2 is 1.87 bits per heavy atom. The number of nitrogens with zero attached hydrogens (tertiary/aromatic N) is 2. The largest absolute Gasteiger partial charge is 0.357 e. The van der Waals surface area contributed by atoms with Gasteiger partial charge >= 0.3 is 10.3 Å². The highest BCUT2D eigenvalue weighted by Gasteiger charge is 2.18. The fourth-order valence-electron chi connectivity index (χ4n) is 2.85. The van der Waals surface area contributed by atoms with Crippen molar-refractivity contribution in [2.24, 2.45) is 0 Å².